The average molecular weight is 233 g/mol. The molecule has 2 atom stereocenters. The van der Waals surface area contributed by atoms with Gasteiger partial charge in [0.15, 0.2) is 0 Å². The maximum atomic E-state index is 13.3. The number of carbonyl (C=O) groups is 1. The highest BCUT2D eigenvalue weighted by molar-refractivity contribution is 6.31. The summed E-state index contributed by atoms with van der Waals surface area (Å²) in [5.74, 6) is -3.02. The van der Waals surface area contributed by atoms with E-state index in [9.17, 15) is 14.3 Å². The second kappa shape index (κ2) is 4.59. The first-order chi connectivity index (χ1) is 6.95. The van der Waals surface area contributed by atoms with Crippen molar-refractivity contribution in [3.05, 3.63) is 34.6 Å². The molecule has 0 aliphatic carbocycles. The number of halogens is 2. The molecule has 0 amide bonds. The van der Waals surface area contributed by atoms with Crippen molar-refractivity contribution in [1.82, 2.24) is 0 Å². The van der Waals surface area contributed by atoms with Crippen LogP contribution in [0.4, 0.5) is 4.39 Å². The van der Waals surface area contributed by atoms with Crippen molar-refractivity contribution in [2.24, 2.45) is 5.92 Å². The van der Waals surface area contributed by atoms with Crippen molar-refractivity contribution in [2.45, 2.75) is 13.0 Å². The fourth-order valence-corrected chi connectivity index (χ4v) is 1.45. The van der Waals surface area contributed by atoms with Gasteiger partial charge in [-0.1, -0.05) is 17.7 Å². The summed E-state index contributed by atoms with van der Waals surface area (Å²) in [5, 5.41) is 18.3. The van der Waals surface area contributed by atoms with Crippen molar-refractivity contribution < 1.29 is 19.4 Å². The molecule has 0 spiro atoms. The fourth-order valence-electron chi connectivity index (χ4n) is 1.18. The van der Waals surface area contributed by atoms with Crippen molar-refractivity contribution in [3.63, 3.8) is 0 Å². The predicted molar refractivity (Wildman–Crippen MR) is 53.2 cm³/mol. The standard InChI is InChI=1S/C10H10ClFO3/c1-5(10(14)15)9(13)8-6(11)3-2-4-7(8)12/h2-5,9,13H,1H3,(H,14,15). The number of hydrogen-bond acceptors (Lipinski definition) is 2. The Morgan fingerprint density at radius 3 is 2.60 bits per heavy atom. The van der Waals surface area contributed by atoms with Crippen LogP contribution in [0.2, 0.25) is 5.02 Å². The van der Waals surface area contributed by atoms with E-state index in [4.69, 9.17) is 16.7 Å². The molecule has 1 rings (SSSR count). The molecule has 0 heterocycles. The Labute approximate surface area is 91.1 Å². The van der Waals surface area contributed by atoms with E-state index in [0.29, 0.717) is 0 Å². The van der Waals surface area contributed by atoms with Gasteiger partial charge in [-0.15, -0.1) is 0 Å². The van der Waals surface area contributed by atoms with Crippen LogP contribution in [-0.4, -0.2) is 16.2 Å². The number of aliphatic carboxylic acids is 1. The lowest BCUT2D eigenvalue weighted by atomic mass is 9.97. The summed E-state index contributed by atoms with van der Waals surface area (Å²) in [4.78, 5) is 10.6. The smallest absolute Gasteiger partial charge is 0.309 e. The molecule has 0 fully saturated rings. The maximum Gasteiger partial charge on any atom is 0.309 e. The van der Waals surface area contributed by atoms with Gasteiger partial charge in [0.1, 0.15) is 5.82 Å². The van der Waals surface area contributed by atoms with Crippen LogP contribution in [0.1, 0.15) is 18.6 Å². The van der Waals surface area contributed by atoms with E-state index in [1.165, 1.54) is 19.1 Å². The third-order valence-electron chi connectivity index (χ3n) is 2.16. The Bertz CT molecular complexity index is 361. The minimum absolute atomic E-state index is 0.0237. The summed E-state index contributed by atoms with van der Waals surface area (Å²) >= 11 is 5.68. The average Bonchev–Trinajstić information content (AvgIpc) is 2.15. The van der Waals surface area contributed by atoms with Crippen molar-refractivity contribution in [3.8, 4) is 0 Å². The normalized spacial score (nSPS) is 14.7. The van der Waals surface area contributed by atoms with E-state index in [-0.39, 0.29) is 10.6 Å². The molecule has 82 valence electrons. The largest absolute Gasteiger partial charge is 0.481 e. The SMILES string of the molecule is CC(C(=O)O)C(O)c1c(F)cccc1Cl. The molecular formula is C10H10ClFO3. The fraction of sp³-hybridized carbons (Fsp3) is 0.300. The summed E-state index contributed by atoms with van der Waals surface area (Å²) in [6, 6.07) is 3.91. The maximum absolute atomic E-state index is 13.3. The number of rotatable bonds is 3. The summed E-state index contributed by atoms with van der Waals surface area (Å²) < 4.78 is 13.3. The monoisotopic (exact) mass is 232 g/mol. The van der Waals surface area contributed by atoms with Crippen LogP contribution in [0, 0.1) is 11.7 Å². The van der Waals surface area contributed by atoms with Gasteiger partial charge in [-0.25, -0.2) is 4.39 Å². The van der Waals surface area contributed by atoms with E-state index in [1.807, 2.05) is 0 Å². The second-order valence-electron chi connectivity index (χ2n) is 3.21. The molecule has 0 aliphatic rings. The Kier molecular flexibility index (Phi) is 3.66. The summed E-state index contributed by atoms with van der Waals surface area (Å²) in [7, 11) is 0. The zero-order valence-corrected chi connectivity index (χ0v) is 8.70. The molecule has 2 N–H and O–H groups in total. The highest BCUT2D eigenvalue weighted by Gasteiger charge is 2.27. The summed E-state index contributed by atoms with van der Waals surface area (Å²) in [6.45, 7) is 1.29. The van der Waals surface area contributed by atoms with Gasteiger partial charge in [0.2, 0.25) is 0 Å². The van der Waals surface area contributed by atoms with Gasteiger partial charge in [-0.3, -0.25) is 4.79 Å². The van der Waals surface area contributed by atoms with Crippen LogP contribution in [0.15, 0.2) is 18.2 Å². The molecule has 15 heavy (non-hydrogen) atoms. The molecule has 0 aromatic heterocycles. The summed E-state index contributed by atoms with van der Waals surface area (Å²) in [5.41, 5.74) is -0.172. The Hall–Kier alpha value is -1.13. The summed E-state index contributed by atoms with van der Waals surface area (Å²) in [6.07, 6.45) is -1.45. The first-order valence-corrected chi connectivity index (χ1v) is 4.67. The zero-order valence-electron chi connectivity index (χ0n) is 7.95. The molecule has 0 radical (unpaired) electrons. The van der Waals surface area contributed by atoms with E-state index < -0.39 is 23.8 Å². The van der Waals surface area contributed by atoms with Gasteiger partial charge in [-0.2, -0.15) is 0 Å². The van der Waals surface area contributed by atoms with Gasteiger partial charge in [0.25, 0.3) is 0 Å². The van der Waals surface area contributed by atoms with Gasteiger partial charge in [-0.05, 0) is 19.1 Å². The van der Waals surface area contributed by atoms with Gasteiger partial charge < -0.3 is 10.2 Å². The number of hydrogen-bond donors (Lipinski definition) is 2. The van der Waals surface area contributed by atoms with Crippen LogP contribution in [0.25, 0.3) is 0 Å². The lowest BCUT2D eigenvalue weighted by Crippen LogP contribution is -2.19. The minimum atomic E-state index is -1.45. The molecule has 0 saturated carbocycles. The van der Waals surface area contributed by atoms with Crippen LogP contribution in [0.5, 0.6) is 0 Å². The number of aliphatic hydroxyl groups is 1. The third kappa shape index (κ3) is 2.46. The number of carboxylic acids is 1. The molecule has 0 bridgehead atoms. The van der Waals surface area contributed by atoms with E-state index >= 15 is 0 Å². The first-order valence-electron chi connectivity index (χ1n) is 4.30. The Morgan fingerprint density at radius 2 is 2.13 bits per heavy atom. The van der Waals surface area contributed by atoms with E-state index in [2.05, 4.69) is 0 Å². The quantitative estimate of drug-likeness (QED) is 0.840. The van der Waals surface area contributed by atoms with Crippen LogP contribution >= 0.6 is 11.6 Å². The molecule has 0 aliphatic heterocycles. The van der Waals surface area contributed by atoms with E-state index in [0.717, 1.165) is 6.07 Å². The highest BCUT2D eigenvalue weighted by Crippen LogP contribution is 2.30. The Morgan fingerprint density at radius 1 is 1.53 bits per heavy atom. The first kappa shape index (κ1) is 11.9. The van der Waals surface area contributed by atoms with E-state index in [1.54, 1.807) is 0 Å². The number of carboxylic acid groups (broad SMARTS) is 1. The van der Waals surface area contributed by atoms with Gasteiger partial charge in [0, 0.05) is 10.6 Å². The predicted octanol–water partition coefficient (Wildman–Crippen LogP) is 2.23. The minimum Gasteiger partial charge on any atom is -0.481 e. The van der Waals surface area contributed by atoms with Crippen molar-refractivity contribution >= 4 is 17.6 Å². The number of aliphatic hydroxyl groups excluding tert-OH is 1. The molecule has 5 heteroatoms. The molecule has 2 unspecified atom stereocenters. The molecule has 1 aromatic carbocycles. The lowest BCUT2D eigenvalue weighted by Gasteiger charge is -2.17. The van der Waals surface area contributed by atoms with Gasteiger partial charge >= 0.3 is 5.97 Å². The topological polar surface area (TPSA) is 57.5 Å². The highest BCUT2D eigenvalue weighted by atomic mass is 35.5. The molecule has 3 nitrogen and oxygen atoms in total. The molecule has 0 saturated heterocycles. The van der Waals surface area contributed by atoms with Gasteiger partial charge in [0.05, 0.1) is 12.0 Å². The zero-order chi connectivity index (χ0) is 11.6. The third-order valence-corrected chi connectivity index (χ3v) is 2.49. The molecular weight excluding hydrogens is 223 g/mol. The van der Waals surface area contributed by atoms with Crippen LogP contribution in [-0.2, 0) is 4.79 Å². The van der Waals surface area contributed by atoms with Crippen molar-refractivity contribution in [1.29, 1.82) is 0 Å². The lowest BCUT2D eigenvalue weighted by molar-refractivity contribution is -0.145. The molecule has 1 aromatic rings. The van der Waals surface area contributed by atoms with Crippen LogP contribution in [0.3, 0.4) is 0 Å². The number of benzene rings is 1. The Balaban J connectivity index is 3.10. The van der Waals surface area contributed by atoms with Crippen molar-refractivity contribution in [2.75, 3.05) is 0 Å². The van der Waals surface area contributed by atoms with Crippen LogP contribution < -0.4 is 0 Å². The second-order valence-corrected chi connectivity index (χ2v) is 3.61.